The number of hydrogen-bond donors (Lipinski definition) is 0. The van der Waals surface area contributed by atoms with Crippen LogP contribution in [0.4, 0.5) is 5.82 Å². The molecule has 0 atom stereocenters. The molecule has 6 nitrogen and oxygen atoms in total. The monoisotopic (exact) mass is 251 g/mol. The third kappa shape index (κ3) is 3.87. The van der Waals surface area contributed by atoms with Crippen LogP contribution >= 0.6 is 11.6 Å². The van der Waals surface area contributed by atoms with Crippen LogP contribution in [-0.4, -0.2) is 30.2 Å². The van der Waals surface area contributed by atoms with Crippen molar-refractivity contribution in [2.45, 2.75) is 6.61 Å². The molecule has 0 saturated heterocycles. The third-order valence-electron chi connectivity index (χ3n) is 1.85. The summed E-state index contributed by atoms with van der Waals surface area (Å²) >= 11 is 5.83. The lowest BCUT2D eigenvalue weighted by molar-refractivity contribution is 0.178. The number of hydrogen-bond acceptors (Lipinski definition) is 6. The van der Waals surface area contributed by atoms with Gasteiger partial charge in [-0.05, 0) is 0 Å². The summed E-state index contributed by atoms with van der Waals surface area (Å²) in [5.74, 6) is 0.857. The molecule has 0 N–H and O–H groups in total. The molecule has 0 saturated carbocycles. The maximum Gasteiger partial charge on any atom is 0.158 e. The quantitative estimate of drug-likeness (QED) is 0.576. The highest BCUT2D eigenvalue weighted by atomic mass is 35.5. The van der Waals surface area contributed by atoms with Gasteiger partial charge in [0.15, 0.2) is 5.82 Å². The first kappa shape index (κ1) is 13.2. The van der Waals surface area contributed by atoms with E-state index in [4.69, 9.17) is 26.9 Å². The third-order valence-corrected chi connectivity index (χ3v) is 2.04. The second-order valence-electron chi connectivity index (χ2n) is 3.07. The molecule has 0 amide bonds. The summed E-state index contributed by atoms with van der Waals surface area (Å²) in [4.78, 5) is 9.63. The molecule has 7 heteroatoms. The summed E-state index contributed by atoms with van der Waals surface area (Å²) in [6.07, 6.45) is 0. The molecule has 0 fully saturated rings. The number of methoxy groups -OCH3 is 1. The van der Waals surface area contributed by atoms with Gasteiger partial charge in [0.2, 0.25) is 0 Å². The molecule has 17 heavy (non-hydrogen) atoms. The fourth-order valence-electron chi connectivity index (χ4n) is 1.20. The van der Waals surface area contributed by atoms with Crippen LogP contribution in [-0.2, 0) is 11.3 Å². The molecule has 0 spiro atoms. The molecule has 1 rings (SSSR count). The van der Waals surface area contributed by atoms with Gasteiger partial charge < -0.3 is 9.64 Å². The summed E-state index contributed by atoms with van der Waals surface area (Å²) in [5.41, 5.74) is 0. The van der Waals surface area contributed by atoms with Crippen LogP contribution in [0.3, 0.4) is 0 Å². The zero-order valence-corrected chi connectivity index (χ0v) is 9.98. The zero-order valence-electron chi connectivity index (χ0n) is 9.22. The summed E-state index contributed by atoms with van der Waals surface area (Å²) in [6.45, 7) is 0.348. The molecule has 1 aromatic heterocycles. The van der Waals surface area contributed by atoms with Crippen molar-refractivity contribution in [3.05, 3.63) is 17.0 Å². The van der Waals surface area contributed by atoms with E-state index in [0.717, 1.165) is 0 Å². The predicted molar refractivity (Wildman–Crippen MR) is 61.2 cm³/mol. The van der Waals surface area contributed by atoms with Gasteiger partial charge >= 0.3 is 0 Å². The van der Waals surface area contributed by atoms with Gasteiger partial charge in [0.25, 0.3) is 0 Å². The Kier molecular flexibility index (Phi) is 5.15. The molecule has 0 radical (unpaired) electrons. The van der Waals surface area contributed by atoms with E-state index in [-0.39, 0.29) is 24.8 Å². The number of aromatic nitrogens is 2. The van der Waals surface area contributed by atoms with E-state index >= 15 is 0 Å². The predicted octanol–water partition coefficient (Wildman–Crippen LogP) is 1.13. The highest BCUT2D eigenvalue weighted by Gasteiger charge is 2.10. The lowest BCUT2D eigenvalue weighted by Crippen LogP contribution is -2.25. The van der Waals surface area contributed by atoms with Gasteiger partial charge in [0.05, 0.1) is 12.1 Å². The minimum atomic E-state index is 0.0628. The molecular weight excluding hydrogens is 242 g/mol. The van der Waals surface area contributed by atoms with Gasteiger partial charge in [-0.15, -0.1) is 0 Å². The molecular formula is C10H10ClN5O. The van der Waals surface area contributed by atoms with Crippen molar-refractivity contribution in [3.63, 3.8) is 0 Å². The largest absolute Gasteiger partial charge is 0.377 e. The molecule has 0 bridgehead atoms. The smallest absolute Gasteiger partial charge is 0.158 e. The van der Waals surface area contributed by atoms with Gasteiger partial charge in [0, 0.05) is 13.2 Å². The molecule has 0 aromatic carbocycles. The molecule has 0 aliphatic carbocycles. The topological polar surface area (TPSA) is 85.8 Å². The summed E-state index contributed by atoms with van der Waals surface area (Å²) < 4.78 is 4.91. The van der Waals surface area contributed by atoms with Crippen LogP contribution in [0.2, 0.25) is 5.15 Å². The van der Waals surface area contributed by atoms with Gasteiger partial charge in [-0.2, -0.15) is 10.5 Å². The average molecular weight is 252 g/mol. The molecule has 0 aliphatic heterocycles. The minimum absolute atomic E-state index is 0.0628. The summed E-state index contributed by atoms with van der Waals surface area (Å²) in [5, 5.41) is 17.6. The maximum atomic E-state index is 8.66. The van der Waals surface area contributed by atoms with Gasteiger partial charge in [-0.25, -0.2) is 9.97 Å². The second-order valence-corrected chi connectivity index (χ2v) is 3.46. The fraction of sp³-hybridized carbons (Fsp3) is 0.400. The van der Waals surface area contributed by atoms with Crippen LogP contribution in [0.15, 0.2) is 6.07 Å². The lowest BCUT2D eigenvalue weighted by atomic mass is 10.4. The minimum Gasteiger partial charge on any atom is -0.377 e. The van der Waals surface area contributed by atoms with Crippen molar-refractivity contribution >= 4 is 17.4 Å². The van der Waals surface area contributed by atoms with E-state index in [2.05, 4.69) is 9.97 Å². The van der Waals surface area contributed by atoms with E-state index in [9.17, 15) is 0 Å². The maximum absolute atomic E-state index is 8.66. The number of nitriles is 2. The Bertz CT molecular complexity index is 449. The lowest BCUT2D eigenvalue weighted by Gasteiger charge is -2.17. The Hall–Kier alpha value is -1.89. The highest BCUT2D eigenvalue weighted by Crippen LogP contribution is 2.16. The first-order valence-electron chi connectivity index (χ1n) is 4.72. The fourth-order valence-corrected chi connectivity index (χ4v) is 1.39. The Morgan fingerprint density at radius 1 is 1.35 bits per heavy atom. The van der Waals surface area contributed by atoms with Gasteiger partial charge in [-0.3, -0.25) is 0 Å². The first-order chi connectivity index (χ1) is 8.21. The number of halogens is 1. The number of rotatable bonds is 5. The van der Waals surface area contributed by atoms with Crippen molar-refractivity contribution in [3.8, 4) is 12.1 Å². The summed E-state index contributed by atoms with van der Waals surface area (Å²) in [6, 6.07) is 5.43. The van der Waals surface area contributed by atoms with Crippen molar-refractivity contribution in [1.29, 1.82) is 10.5 Å². The highest BCUT2D eigenvalue weighted by molar-refractivity contribution is 6.29. The average Bonchev–Trinajstić information content (AvgIpc) is 2.28. The van der Waals surface area contributed by atoms with E-state index in [0.29, 0.717) is 11.6 Å². The van der Waals surface area contributed by atoms with Crippen LogP contribution in [0, 0.1) is 22.7 Å². The van der Waals surface area contributed by atoms with Crippen molar-refractivity contribution in [2.75, 3.05) is 25.1 Å². The molecule has 0 unspecified atom stereocenters. The van der Waals surface area contributed by atoms with Crippen LogP contribution in [0.1, 0.15) is 5.82 Å². The Balaban J connectivity index is 3.02. The van der Waals surface area contributed by atoms with E-state index in [1.807, 2.05) is 12.1 Å². The Morgan fingerprint density at radius 2 is 2.00 bits per heavy atom. The Labute approximate surface area is 104 Å². The van der Waals surface area contributed by atoms with Crippen molar-refractivity contribution in [1.82, 2.24) is 9.97 Å². The molecule has 1 aromatic rings. The standard InChI is InChI=1S/C10H10ClN5O/c1-17-7-9-14-8(11)6-10(15-9)16(4-2-12)5-3-13/h6H,4-5,7H2,1H3. The number of anilines is 1. The van der Waals surface area contributed by atoms with Gasteiger partial charge in [-0.1, -0.05) is 11.6 Å². The number of nitrogens with zero attached hydrogens (tertiary/aromatic N) is 5. The van der Waals surface area contributed by atoms with Crippen LogP contribution in [0.25, 0.3) is 0 Å². The molecule has 88 valence electrons. The zero-order chi connectivity index (χ0) is 12.7. The van der Waals surface area contributed by atoms with Crippen molar-refractivity contribution < 1.29 is 4.74 Å². The normalized spacial score (nSPS) is 9.41. The number of ether oxygens (including phenoxy) is 1. The van der Waals surface area contributed by atoms with Crippen molar-refractivity contribution in [2.24, 2.45) is 0 Å². The SMILES string of the molecule is COCc1nc(Cl)cc(N(CC#N)CC#N)n1. The van der Waals surface area contributed by atoms with Crippen LogP contribution < -0.4 is 4.90 Å². The Morgan fingerprint density at radius 3 is 2.53 bits per heavy atom. The molecule has 1 heterocycles. The van der Waals surface area contributed by atoms with E-state index < -0.39 is 0 Å². The van der Waals surface area contributed by atoms with E-state index in [1.165, 1.54) is 18.1 Å². The first-order valence-corrected chi connectivity index (χ1v) is 5.10. The second kappa shape index (κ2) is 6.64. The van der Waals surface area contributed by atoms with Gasteiger partial charge in [0.1, 0.15) is 30.7 Å². The summed E-state index contributed by atoms with van der Waals surface area (Å²) in [7, 11) is 1.52. The van der Waals surface area contributed by atoms with Crippen LogP contribution in [0.5, 0.6) is 0 Å². The molecule has 0 aliphatic rings. The van der Waals surface area contributed by atoms with E-state index in [1.54, 1.807) is 0 Å².